The van der Waals surface area contributed by atoms with Crippen molar-refractivity contribution in [3.05, 3.63) is 48.5 Å². The topological polar surface area (TPSA) is 118 Å². The standard InChI is InChI=1S/C21H21N5O4S/c1-29-17-10-2-13(3-11-17)19-25-26-21(30-19)31-12-18(27)22-14-4-6-15(7-5-14)23-20(28)24-16-8-9-16/h2-7,10-11,16H,8-9,12H2,1H3,(H,22,27)(H2,23,24,28). The van der Waals surface area contributed by atoms with E-state index >= 15 is 0 Å². The number of thioether (sulfide) groups is 1. The Kier molecular flexibility index (Phi) is 6.37. The zero-order chi connectivity index (χ0) is 21.6. The van der Waals surface area contributed by atoms with Gasteiger partial charge in [-0.05, 0) is 61.4 Å². The van der Waals surface area contributed by atoms with Gasteiger partial charge in [0.2, 0.25) is 11.8 Å². The molecule has 0 unspecified atom stereocenters. The van der Waals surface area contributed by atoms with E-state index in [1.165, 1.54) is 0 Å². The van der Waals surface area contributed by atoms with E-state index in [0.29, 0.717) is 28.5 Å². The zero-order valence-corrected chi connectivity index (χ0v) is 17.6. The molecule has 0 bridgehead atoms. The number of amides is 3. The molecule has 2 aromatic carbocycles. The maximum Gasteiger partial charge on any atom is 0.319 e. The lowest BCUT2D eigenvalue weighted by atomic mass is 10.2. The second-order valence-corrected chi connectivity index (χ2v) is 7.82. The largest absolute Gasteiger partial charge is 0.497 e. The van der Waals surface area contributed by atoms with Crippen molar-refractivity contribution >= 4 is 35.1 Å². The number of hydrogen-bond donors (Lipinski definition) is 3. The van der Waals surface area contributed by atoms with Gasteiger partial charge in [0.1, 0.15) is 5.75 Å². The molecule has 0 aliphatic heterocycles. The summed E-state index contributed by atoms with van der Waals surface area (Å²) in [5, 5.41) is 16.7. The van der Waals surface area contributed by atoms with Gasteiger partial charge in [-0.1, -0.05) is 11.8 Å². The Bertz CT molecular complexity index is 1050. The fourth-order valence-electron chi connectivity index (χ4n) is 2.66. The summed E-state index contributed by atoms with van der Waals surface area (Å²) < 4.78 is 10.7. The monoisotopic (exact) mass is 439 g/mol. The van der Waals surface area contributed by atoms with Gasteiger partial charge in [-0.3, -0.25) is 4.79 Å². The summed E-state index contributed by atoms with van der Waals surface area (Å²) in [5.41, 5.74) is 2.05. The molecule has 1 saturated carbocycles. The Morgan fingerprint density at radius 3 is 2.35 bits per heavy atom. The normalized spacial score (nSPS) is 12.8. The summed E-state index contributed by atoms with van der Waals surface area (Å²) in [6.45, 7) is 0. The lowest BCUT2D eigenvalue weighted by Gasteiger charge is -2.08. The predicted octanol–water partition coefficient (Wildman–Crippen LogP) is 3.76. The Balaban J connectivity index is 1.24. The summed E-state index contributed by atoms with van der Waals surface area (Å²) in [5.74, 6) is 1.02. The number of urea groups is 1. The molecule has 0 atom stereocenters. The lowest BCUT2D eigenvalue weighted by molar-refractivity contribution is -0.113. The molecule has 1 fully saturated rings. The molecular weight excluding hydrogens is 418 g/mol. The molecule has 31 heavy (non-hydrogen) atoms. The van der Waals surface area contributed by atoms with Crippen molar-refractivity contribution < 1.29 is 18.7 Å². The van der Waals surface area contributed by atoms with E-state index in [1.807, 2.05) is 12.1 Å². The van der Waals surface area contributed by atoms with E-state index in [9.17, 15) is 9.59 Å². The molecule has 0 saturated heterocycles. The lowest BCUT2D eigenvalue weighted by Crippen LogP contribution is -2.30. The van der Waals surface area contributed by atoms with Gasteiger partial charge in [0.25, 0.3) is 5.22 Å². The van der Waals surface area contributed by atoms with Gasteiger partial charge < -0.3 is 25.1 Å². The number of aromatic nitrogens is 2. The van der Waals surface area contributed by atoms with Gasteiger partial charge in [0.05, 0.1) is 12.9 Å². The third-order valence-electron chi connectivity index (χ3n) is 4.41. The second-order valence-electron chi connectivity index (χ2n) is 6.89. The maximum atomic E-state index is 12.2. The summed E-state index contributed by atoms with van der Waals surface area (Å²) in [6.07, 6.45) is 2.06. The van der Waals surface area contributed by atoms with Crippen molar-refractivity contribution in [2.45, 2.75) is 24.1 Å². The third kappa shape index (κ3) is 5.98. The van der Waals surface area contributed by atoms with Gasteiger partial charge >= 0.3 is 6.03 Å². The quantitative estimate of drug-likeness (QED) is 0.457. The van der Waals surface area contributed by atoms with Crippen LogP contribution in [-0.4, -0.2) is 41.0 Å². The first-order valence-electron chi connectivity index (χ1n) is 9.67. The summed E-state index contributed by atoms with van der Waals surface area (Å²) in [6, 6.07) is 14.2. The third-order valence-corrected chi connectivity index (χ3v) is 5.23. The van der Waals surface area contributed by atoms with E-state index in [0.717, 1.165) is 35.9 Å². The van der Waals surface area contributed by atoms with Crippen LogP contribution in [0.1, 0.15) is 12.8 Å². The molecule has 1 heterocycles. The molecule has 0 spiro atoms. The molecule has 1 aromatic heterocycles. The highest BCUT2D eigenvalue weighted by atomic mass is 32.2. The minimum absolute atomic E-state index is 0.119. The number of carbonyl (C=O) groups is 2. The molecule has 9 nitrogen and oxygen atoms in total. The van der Waals surface area contributed by atoms with Crippen molar-refractivity contribution in [2.75, 3.05) is 23.5 Å². The van der Waals surface area contributed by atoms with Crippen molar-refractivity contribution in [2.24, 2.45) is 0 Å². The Labute approximate surface area is 183 Å². The van der Waals surface area contributed by atoms with Crippen molar-refractivity contribution in [1.82, 2.24) is 15.5 Å². The number of rotatable bonds is 8. The van der Waals surface area contributed by atoms with Gasteiger partial charge in [-0.15, -0.1) is 10.2 Å². The number of nitrogens with one attached hydrogen (secondary N) is 3. The molecule has 0 radical (unpaired) electrons. The first-order chi connectivity index (χ1) is 15.1. The number of carbonyl (C=O) groups excluding carboxylic acids is 2. The molecule has 3 aromatic rings. The van der Waals surface area contributed by atoms with E-state index in [2.05, 4.69) is 26.1 Å². The van der Waals surface area contributed by atoms with Crippen molar-refractivity contribution in [3.63, 3.8) is 0 Å². The molecule has 160 valence electrons. The van der Waals surface area contributed by atoms with Gasteiger partial charge in [0, 0.05) is 23.0 Å². The van der Waals surface area contributed by atoms with Gasteiger partial charge in [0.15, 0.2) is 0 Å². The smallest absolute Gasteiger partial charge is 0.319 e. The van der Waals surface area contributed by atoms with Crippen LogP contribution in [0, 0.1) is 0 Å². The summed E-state index contributed by atoms with van der Waals surface area (Å²) >= 11 is 1.15. The Morgan fingerprint density at radius 2 is 1.71 bits per heavy atom. The van der Waals surface area contributed by atoms with Crippen LogP contribution in [-0.2, 0) is 4.79 Å². The van der Waals surface area contributed by atoms with Crippen LogP contribution < -0.4 is 20.7 Å². The molecule has 4 rings (SSSR count). The Morgan fingerprint density at radius 1 is 1.03 bits per heavy atom. The van der Waals surface area contributed by atoms with Crippen LogP contribution in [0.5, 0.6) is 5.75 Å². The zero-order valence-electron chi connectivity index (χ0n) is 16.8. The highest BCUT2D eigenvalue weighted by molar-refractivity contribution is 7.99. The molecular formula is C21H21N5O4S. The SMILES string of the molecule is COc1ccc(-c2nnc(SCC(=O)Nc3ccc(NC(=O)NC4CC4)cc3)o2)cc1. The molecule has 1 aliphatic carbocycles. The minimum atomic E-state index is -0.218. The first kappa shape index (κ1) is 20.7. The van der Waals surface area contributed by atoms with Crippen molar-refractivity contribution in [3.8, 4) is 17.2 Å². The highest BCUT2D eigenvalue weighted by Crippen LogP contribution is 2.25. The predicted molar refractivity (Wildman–Crippen MR) is 117 cm³/mol. The van der Waals surface area contributed by atoms with Crippen LogP contribution in [0.4, 0.5) is 16.2 Å². The molecule has 1 aliphatic rings. The molecule has 3 N–H and O–H groups in total. The fraction of sp³-hybridized carbons (Fsp3) is 0.238. The molecule has 10 heteroatoms. The Hall–Kier alpha value is -3.53. The van der Waals surface area contributed by atoms with E-state index in [-0.39, 0.29) is 17.7 Å². The van der Waals surface area contributed by atoms with Crippen LogP contribution in [0.25, 0.3) is 11.5 Å². The van der Waals surface area contributed by atoms with Gasteiger partial charge in [-0.25, -0.2) is 4.79 Å². The average molecular weight is 439 g/mol. The second kappa shape index (κ2) is 9.52. The summed E-state index contributed by atoms with van der Waals surface area (Å²) in [7, 11) is 1.60. The number of anilines is 2. The summed E-state index contributed by atoms with van der Waals surface area (Å²) in [4.78, 5) is 24.0. The number of ether oxygens (including phenoxy) is 1. The highest BCUT2D eigenvalue weighted by Gasteiger charge is 2.23. The van der Waals surface area contributed by atoms with Crippen LogP contribution in [0.2, 0.25) is 0 Å². The first-order valence-corrected chi connectivity index (χ1v) is 10.7. The van der Waals surface area contributed by atoms with E-state index in [1.54, 1.807) is 43.5 Å². The number of methoxy groups -OCH3 is 1. The minimum Gasteiger partial charge on any atom is -0.497 e. The van der Waals surface area contributed by atoms with E-state index in [4.69, 9.17) is 9.15 Å². The maximum absolute atomic E-state index is 12.2. The van der Waals surface area contributed by atoms with Crippen molar-refractivity contribution in [1.29, 1.82) is 0 Å². The number of benzene rings is 2. The van der Waals surface area contributed by atoms with Crippen LogP contribution in [0.3, 0.4) is 0 Å². The molecule has 3 amide bonds. The number of hydrogen-bond acceptors (Lipinski definition) is 7. The van der Waals surface area contributed by atoms with Crippen LogP contribution >= 0.6 is 11.8 Å². The van der Waals surface area contributed by atoms with Crippen LogP contribution in [0.15, 0.2) is 58.2 Å². The average Bonchev–Trinajstić information content (AvgIpc) is 3.46. The number of nitrogens with zero attached hydrogens (tertiary/aromatic N) is 2. The fourth-order valence-corrected chi connectivity index (χ4v) is 3.22. The van der Waals surface area contributed by atoms with E-state index < -0.39 is 0 Å². The van der Waals surface area contributed by atoms with Gasteiger partial charge in [-0.2, -0.15) is 0 Å².